The standard InChI is InChI=1S/C21H31N5O2.HI/c1-15-6-5-7-18(12-15)19(26-8-10-27-11-9-26)13-23-21(22-4)24-14-20-25-16(2)17(3)28-20;/h5-7,12,19H,8-11,13-14H2,1-4H3,(H2,22,23,24);1H. The average Bonchev–Trinajstić information content (AvgIpc) is 3.03. The second-order valence-electron chi connectivity index (χ2n) is 7.13. The van der Waals surface area contributed by atoms with Gasteiger partial charge in [0.1, 0.15) is 5.76 Å². The minimum Gasteiger partial charge on any atom is -0.444 e. The van der Waals surface area contributed by atoms with E-state index in [0.717, 1.165) is 50.3 Å². The molecule has 2 aromatic rings. The van der Waals surface area contributed by atoms with Crippen molar-refractivity contribution < 1.29 is 9.15 Å². The Balaban J connectivity index is 0.00000300. The van der Waals surface area contributed by atoms with Gasteiger partial charge in [0.15, 0.2) is 5.96 Å². The molecule has 1 atom stereocenters. The lowest BCUT2D eigenvalue weighted by molar-refractivity contribution is 0.0170. The van der Waals surface area contributed by atoms with E-state index < -0.39 is 0 Å². The second-order valence-corrected chi connectivity index (χ2v) is 7.13. The number of aryl methyl sites for hydroxylation is 3. The van der Waals surface area contributed by atoms with E-state index in [0.29, 0.717) is 12.4 Å². The van der Waals surface area contributed by atoms with Crippen LogP contribution in [-0.4, -0.2) is 55.7 Å². The van der Waals surface area contributed by atoms with Gasteiger partial charge in [-0.2, -0.15) is 0 Å². The zero-order chi connectivity index (χ0) is 19.9. The van der Waals surface area contributed by atoms with E-state index in [1.54, 1.807) is 7.05 Å². The van der Waals surface area contributed by atoms with Gasteiger partial charge in [-0.3, -0.25) is 9.89 Å². The fourth-order valence-electron chi connectivity index (χ4n) is 3.41. The third-order valence-electron chi connectivity index (χ3n) is 5.08. The van der Waals surface area contributed by atoms with Crippen LogP contribution in [0.15, 0.2) is 33.7 Å². The maximum absolute atomic E-state index is 5.63. The van der Waals surface area contributed by atoms with Gasteiger partial charge in [-0.1, -0.05) is 29.8 Å². The largest absolute Gasteiger partial charge is 0.444 e. The summed E-state index contributed by atoms with van der Waals surface area (Å²) in [5.74, 6) is 2.26. The molecule has 0 saturated carbocycles. The molecule has 160 valence electrons. The van der Waals surface area contributed by atoms with Gasteiger partial charge in [0.05, 0.1) is 31.5 Å². The van der Waals surface area contributed by atoms with Crippen LogP contribution < -0.4 is 10.6 Å². The summed E-state index contributed by atoms with van der Waals surface area (Å²) in [6.45, 7) is 10.7. The predicted octanol–water partition coefficient (Wildman–Crippen LogP) is 2.96. The fraction of sp³-hybridized carbons (Fsp3) is 0.524. The Morgan fingerprint density at radius 3 is 2.59 bits per heavy atom. The molecule has 1 saturated heterocycles. The minimum absolute atomic E-state index is 0. The maximum atomic E-state index is 5.63. The number of morpholine rings is 1. The van der Waals surface area contributed by atoms with Gasteiger partial charge >= 0.3 is 0 Å². The van der Waals surface area contributed by atoms with Gasteiger partial charge in [0.2, 0.25) is 5.89 Å². The van der Waals surface area contributed by atoms with Gasteiger partial charge in [-0.05, 0) is 26.3 Å². The number of oxazole rings is 1. The number of halogens is 1. The number of aliphatic imine (C=N–C) groups is 1. The predicted molar refractivity (Wildman–Crippen MR) is 126 cm³/mol. The zero-order valence-electron chi connectivity index (χ0n) is 17.7. The molecule has 0 amide bonds. The van der Waals surface area contributed by atoms with Crippen LogP contribution in [0, 0.1) is 20.8 Å². The molecule has 1 aliphatic rings. The third kappa shape index (κ3) is 6.68. The summed E-state index contributed by atoms with van der Waals surface area (Å²) in [7, 11) is 1.78. The highest BCUT2D eigenvalue weighted by Crippen LogP contribution is 2.22. The second kappa shape index (κ2) is 11.5. The van der Waals surface area contributed by atoms with Crippen LogP contribution in [0.2, 0.25) is 0 Å². The summed E-state index contributed by atoms with van der Waals surface area (Å²) in [4.78, 5) is 11.2. The normalized spacial score (nSPS) is 16.2. The molecule has 0 radical (unpaired) electrons. The summed E-state index contributed by atoms with van der Waals surface area (Å²) in [6.07, 6.45) is 0. The van der Waals surface area contributed by atoms with Gasteiger partial charge < -0.3 is 19.8 Å². The van der Waals surface area contributed by atoms with Crippen molar-refractivity contribution >= 4 is 29.9 Å². The lowest BCUT2D eigenvalue weighted by Gasteiger charge is -2.35. The highest BCUT2D eigenvalue weighted by molar-refractivity contribution is 14.0. The molecule has 29 heavy (non-hydrogen) atoms. The van der Waals surface area contributed by atoms with E-state index in [9.17, 15) is 0 Å². The fourth-order valence-corrected chi connectivity index (χ4v) is 3.41. The molecule has 3 rings (SSSR count). The summed E-state index contributed by atoms with van der Waals surface area (Å²) < 4.78 is 11.2. The molecule has 0 spiro atoms. The number of benzene rings is 1. The molecule has 1 unspecified atom stereocenters. The van der Waals surface area contributed by atoms with Crippen molar-refractivity contribution in [3.63, 3.8) is 0 Å². The quantitative estimate of drug-likeness (QED) is 0.352. The maximum Gasteiger partial charge on any atom is 0.214 e. The average molecular weight is 513 g/mol. The lowest BCUT2D eigenvalue weighted by atomic mass is 10.0. The van der Waals surface area contributed by atoms with Crippen molar-refractivity contribution in [1.82, 2.24) is 20.5 Å². The Morgan fingerprint density at radius 2 is 1.97 bits per heavy atom. The number of hydrogen-bond donors (Lipinski definition) is 2. The first-order chi connectivity index (χ1) is 13.6. The number of nitrogens with one attached hydrogen (secondary N) is 2. The first kappa shape index (κ1) is 23.6. The van der Waals surface area contributed by atoms with Crippen LogP contribution >= 0.6 is 24.0 Å². The molecule has 8 heteroatoms. The van der Waals surface area contributed by atoms with Crippen molar-refractivity contribution in [2.24, 2.45) is 4.99 Å². The van der Waals surface area contributed by atoms with Crippen molar-refractivity contribution in [2.75, 3.05) is 39.9 Å². The molecule has 0 aliphatic carbocycles. The SMILES string of the molecule is CN=C(NCc1nc(C)c(C)o1)NCC(c1cccc(C)c1)N1CCOCC1.I. The molecule has 7 nitrogen and oxygen atoms in total. The van der Waals surface area contributed by atoms with Crippen LogP contribution in [0.1, 0.15) is 34.5 Å². The molecule has 1 aromatic carbocycles. The van der Waals surface area contributed by atoms with Crippen LogP contribution in [0.5, 0.6) is 0 Å². The van der Waals surface area contributed by atoms with Crippen LogP contribution in [0.3, 0.4) is 0 Å². The number of aromatic nitrogens is 1. The smallest absolute Gasteiger partial charge is 0.214 e. The van der Waals surface area contributed by atoms with Gasteiger partial charge in [-0.15, -0.1) is 24.0 Å². The van der Waals surface area contributed by atoms with Crippen molar-refractivity contribution in [3.8, 4) is 0 Å². The van der Waals surface area contributed by atoms with Gasteiger partial charge in [-0.25, -0.2) is 4.98 Å². The van der Waals surface area contributed by atoms with Gasteiger partial charge in [0.25, 0.3) is 0 Å². The summed E-state index contributed by atoms with van der Waals surface area (Å²) in [5, 5.41) is 6.75. The number of rotatable bonds is 6. The molecule has 2 N–H and O–H groups in total. The number of ether oxygens (including phenoxy) is 1. The molecule has 0 bridgehead atoms. The topological polar surface area (TPSA) is 74.9 Å². The van der Waals surface area contributed by atoms with Crippen molar-refractivity contribution in [1.29, 1.82) is 0 Å². The van der Waals surface area contributed by atoms with Crippen molar-refractivity contribution in [3.05, 3.63) is 52.7 Å². The zero-order valence-corrected chi connectivity index (χ0v) is 20.0. The van der Waals surface area contributed by atoms with Crippen molar-refractivity contribution in [2.45, 2.75) is 33.4 Å². The summed E-state index contributed by atoms with van der Waals surface area (Å²) in [5.41, 5.74) is 3.50. The van der Waals surface area contributed by atoms with E-state index in [1.807, 2.05) is 13.8 Å². The first-order valence-corrected chi connectivity index (χ1v) is 9.82. The van der Waals surface area contributed by atoms with Crippen LogP contribution in [-0.2, 0) is 11.3 Å². The highest BCUT2D eigenvalue weighted by atomic mass is 127. The lowest BCUT2D eigenvalue weighted by Crippen LogP contribution is -2.46. The van der Waals surface area contributed by atoms with E-state index in [2.05, 4.69) is 56.7 Å². The number of nitrogens with zero attached hydrogens (tertiary/aromatic N) is 3. The Morgan fingerprint density at radius 1 is 1.21 bits per heavy atom. The van der Waals surface area contributed by atoms with E-state index in [1.165, 1.54) is 11.1 Å². The molecular formula is C21H32IN5O2. The van der Waals surface area contributed by atoms with Crippen LogP contribution in [0.4, 0.5) is 0 Å². The summed E-state index contributed by atoms with van der Waals surface area (Å²) in [6, 6.07) is 8.97. The Labute approximate surface area is 190 Å². The minimum atomic E-state index is 0. The molecule has 1 aliphatic heterocycles. The third-order valence-corrected chi connectivity index (χ3v) is 5.08. The molecule has 2 heterocycles. The Bertz CT molecular complexity index is 783. The van der Waals surface area contributed by atoms with Gasteiger partial charge in [0, 0.05) is 26.7 Å². The number of hydrogen-bond acceptors (Lipinski definition) is 5. The van der Waals surface area contributed by atoms with E-state index in [-0.39, 0.29) is 30.0 Å². The van der Waals surface area contributed by atoms with E-state index >= 15 is 0 Å². The Kier molecular flexibility index (Phi) is 9.38. The molecular weight excluding hydrogens is 481 g/mol. The Hall–Kier alpha value is -1.65. The van der Waals surface area contributed by atoms with Crippen LogP contribution in [0.25, 0.3) is 0 Å². The number of guanidine groups is 1. The highest BCUT2D eigenvalue weighted by Gasteiger charge is 2.23. The first-order valence-electron chi connectivity index (χ1n) is 9.82. The molecule has 1 fully saturated rings. The summed E-state index contributed by atoms with van der Waals surface area (Å²) >= 11 is 0. The van der Waals surface area contributed by atoms with E-state index in [4.69, 9.17) is 9.15 Å². The molecule has 1 aromatic heterocycles. The monoisotopic (exact) mass is 513 g/mol.